The molecule has 1 aliphatic rings. The van der Waals surface area contributed by atoms with E-state index in [0.29, 0.717) is 5.75 Å². The van der Waals surface area contributed by atoms with E-state index in [1.807, 2.05) is 48.5 Å². The van der Waals surface area contributed by atoms with Crippen LogP contribution in [-0.4, -0.2) is 28.9 Å². The smallest absolute Gasteiger partial charge is 0.352 e. The van der Waals surface area contributed by atoms with Crippen LogP contribution in [-0.2, 0) is 16.1 Å². The van der Waals surface area contributed by atoms with Crippen molar-refractivity contribution in [3.05, 3.63) is 96.4 Å². The predicted octanol–water partition coefficient (Wildman–Crippen LogP) is 6.25. The standard InChI is InChI=1S/C29H28N2O4/c1-21(32)34-35-25-15-8-10-22(20-25)17-19-31-18-9-16-26(31)29-30-27(23-11-4-2-5-12-23)28(33-29)24-13-6-3-7-14-24/h2-8,10-15,20,26H,9,16-19H2,1H3/t26-/m0/s1. The zero-order chi connectivity index (χ0) is 24.0. The van der Waals surface area contributed by atoms with E-state index in [-0.39, 0.29) is 6.04 Å². The molecule has 3 aromatic carbocycles. The van der Waals surface area contributed by atoms with Crippen LogP contribution in [0.25, 0.3) is 22.6 Å². The Labute approximate surface area is 205 Å². The number of rotatable bonds is 8. The summed E-state index contributed by atoms with van der Waals surface area (Å²) in [6.07, 6.45) is 2.95. The normalized spacial score (nSPS) is 15.7. The first-order valence-electron chi connectivity index (χ1n) is 12.0. The van der Waals surface area contributed by atoms with Crippen molar-refractivity contribution in [2.45, 2.75) is 32.2 Å². The molecule has 35 heavy (non-hydrogen) atoms. The summed E-state index contributed by atoms with van der Waals surface area (Å²) in [5.41, 5.74) is 4.08. The first kappa shape index (κ1) is 22.9. The van der Waals surface area contributed by atoms with Gasteiger partial charge in [-0.1, -0.05) is 72.8 Å². The molecule has 0 unspecified atom stereocenters. The lowest BCUT2D eigenvalue weighted by atomic mass is 10.1. The number of aromatic nitrogens is 1. The molecule has 178 valence electrons. The van der Waals surface area contributed by atoms with Crippen molar-refractivity contribution in [3.8, 4) is 28.3 Å². The predicted molar refractivity (Wildman–Crippen MR) is 133 cm³/mol. The highest BCUT2D eigenvalue weighted by Crippen LogP contribution is 2.38. The molecule has 0 amide bonds. The highest BCUT2D eigenvalue weighted by atomic mass is 17.2. The molecule has 6 nitrogen and oxygen atoms in total. The van der Waals surface area contributed by atoms with Gasteiger partial charge >= 0.3 is 5.97 Å². The van der Waals surface area contributed by atoms with Crippen molar-refractivity contribution in [1.82, 2.24) is 9.88 Å². The van der Waals surface area contributed by atoms with Crippen molar-refractivity contribution in [1.29, 1.82) is 0 Å². The average Bonchev–Trinajstić information content (AvgIpc) is 3.55. The van der Waals surface area contributed by atoms with Crippen LogP contribution in [0.15, 0.2) is 89.3 Å². The maximum atomic E-state index is 11.0. The van der Waals surface area contributed by atoms with Gasteiger partial charge in [0.05, 0.1) is 6.04 Å². The van der Waals surface area contributed by atoms with Crippen molar-refractivity contribution < 1.29 is 19.0 Å². The number of hydrogen-bond donors (Lipinski definition) is 0. The Morgan fingerprint density at radius 3 is 2.49 bits per heavy atom. The third kappa shape index (κ3) is 5.44. The Balaban J connectivity index is 1.36. The lowest BCUT2D eigenvalue weighted by molar-refractivity contribution is -0.210. The number of benzene rings is 3. The van der Waals surface area contributed by atoms with Gasteiger partial charge in [0.25, 0.3) is 0 Å². The highest BCUT2D eigenvalue weighted by Gasteiger charge is 2.31. The van der Waals surface area contributed by atoms with Crippen molar-refractivity contribution >= 4 is 5.97 Å². The second-order valence-electron chi connectivity index (χ2n) is 8.71. The summed E-state index contributed by atoms with van der Waals surface area (Å²) >= 11 is 0. The lowest BCUT2D eigenvalue weighted by Crippen LogP contribution is -2.26. The molecule has 0 radical (unpaired) electrons. The van der Waals surface area contributed by atoms with Gasteiger partial charge in [0.15, 0.2) is 11.5 Å². The first-order chi connectivity index (χ1) is 17.2. The second-order valence-corrected chi connectivity index (χ2v) is 8.71. The van der Waals surface area contributed by atoms with Gasteiger partial charge < -0.3 is 4.42 Å². The number of likely N-dealkylation sites (tertiary alicyclic amines) is 1. The summed E-state index contributed by atoms with van der Waals surface area (Å²) in [6, 6.07) is 28.2. The van der Waals surface area contributed by atoms with Gasteiger partial charge in [-0.25, -0.2) is 9.78 Å². The van der Waals surface area contributed by atoms with Gasteiger partial charge in [-0.3, -0.25) is 14.7 Å². The molecule has 5 rings (SSSR count). The largest absolute Gasteiger partial charge is 0.438 e. The van der Waals surface area contributed by atoms with Crippen LogP contribution < -0.4 is 4.89 Å². The maximum Gasteiger partial charge on any atom is 0.352 e. The molecule has 1 fully saturated rings. The Bertz CT molecular complexity index is 1210. The quantitative estimate of drug-likeness (QED) is 0.225. The van der Waals surface area contributed by atoms with Crippen molar-refractivity contribution in [2.75, 3.05) is 13.1 Å². The highest BCUT2D eigenvalue weighted by molar-refractivity contribution is 5.76. The van der Waals surface area contributed by atoms with Gasteiger partial charge in [-0.05, 0) is 43.5 Å². The van der Waals surface area contributed by atoms with Gasteiger partial charge in [0.2, 0.25) is 5.89 Å². The SMILES string of the molecule is CC(=O)OOc1cccc(CCN2CCC[C@H]2c2nc(-c3ccccc3)c(-c3ccccc3)o2)c1. The molecule has 4 aromatic rings. The number of carbonyl (C=O) groups excluding carboxylic acids is 1. The molecular formula is C29H28N2O4. The maximum absolute atomic E-state index is 11.0. The van der Waals surface area contributed by atoms with Gasteiger partial charge in [-0.2, -0.15) is 0 Å². The van der Waals surface area contributed by atoms with E-state index >= 15 is 0 Å². The third-order valence-electron chi connectivity index (χ3n) is 6.22. The topological polar surface area (TPSA) is 64.8 Å². The Morgan fingerprint density at radius 2 is 1.74 bits per heavy atom. The first-order valence-corrected chi connectivity index (χ1v) is 12.0. The summed E-state index contributed by atoms with van der Waals surface area (Å²) in [6.45, 7) is 3.18. The molecule has 0 aliphatic carbocycles. The van der Waals surface area contributed by atoms with Crippen molar-refractivity contribution in [2.24, 2.45) is 0 Å². The fraction of sp³-hybridized carbons (Fsp3) is 0.241. The third-order valence-corrected chi connectivity index (χ3v) is 6.22. The van der Waals surface area contributed by atoms with Crippen LogP contribution in [0.2, 0.25) is 0 Å². The molecule has 0 saturated carbocycles. The van der Waals surface area contributed by atoms with E-state index in [1.54, 1.807) is 6.07 Å². The van der Waals surface area contributed by atoms with E-state index in [9.17, 15) is 4.79 Å². The van der Waals surface area contributed by atoms with Crippen LogP contribution in [0, 0.1) is 0 Å². The molecule has 1 aliphatic heterocycles. The van der Waals surface area contributed by atoms with E-state index < -0.39 is 5.97 Å². The molecule has 1 saturated heterocycles. The molecule has 0 spiro atoms. The van der Waals surface area contributed by atoms with Crippen LogP contribution in [0.3, 0.4) is 0 Å². The summed E-state index contributed by atoms with van der Waals surface area (Å²) < 4.78 is 6.47. The molecule has 2 heterocycles. The zero-order valence-corrected chi connectivity index (χ0v) is 19.7. The molecule has 0 bridgehead atoms. The number of hydrogen-bond acceptors (Lipinski definition) is 6. The summed E-state index contributed by atoms with van der Waals surface area (Å²) in [5.74, 6) is 1.62. The fourth-order valence-corrected chi connectivity index (χ4v) is 4.56. The minimum atomic E-state index is -0.481. The van der Waals surface area contributed by atoms with Crippen molar-refractivity contribution in [3.63, 3.8) is 0 Å². The van der Waals surface area contributed by atoms with E-state index in [4.69, 9.17) is 14.3 Å². The zero-order valence-electron chi connectivity index (χ0n) is 19.7. The van der Waals surface area contributed by atoms with E-state index in [1.165, 1.54) is 6.92 Å². The lowest BCUT2D eigenvalue weighted by Gasteiger charge is -2.22. The Kier molecular flexibility index (Phi) is 6.91. The fourth-order valence-electron chi connectivity index (χ4n) is 4.56. The average molecular weight is 469 g/mol. The molecule has 1 atom stereocenters. The van der Waals surface area contributed by atoms with E-state index in [0.717, 1.165) is 66.4 Å². The summed E-state index contributed by atoms with van der Waals surface area (Å²) in [5, 5.41) is 0. The molecule has 0 N–H and O–H groups in total. The van der Waals surface area contributed by atoms with Gasteiger partial charge in [0.1, 0.15) is 5.69 Å². The number of oxazole rings is 1. The Morgan fingerprint density at radius 1 is 1.00 bits per heavy atom. The van der Waals surface area contributed by atoms with E-state index in [2.05, 4.69) is 40.1 Å². The number of nitrogens with zero attached hydrogens (tertiary/aromatic N) is 2. The summed E-state index contributed by atoms with van der Waals surface area (Å²) in [7, 11) is 0. The second kappa shape index (κ2) is 10.6. The van der Waals surface area contributed by atoms with Gasteiger partial charge in [-0.15, -0.1) is 0 Å². The number of carbonyl (C=O) groups is 1. The van der Waals surface area contributed by atoms with Crippen LogP contribution in [0.5, 0.6) is 5.75 Å². The van der Waals surface area contributed by atoms with Crippen LogP contribution in [0.1, 0.15) is 37.3 Å². The monoisotopic (exact) mass is 468 g/mol. The molecular weight excluding hydrogens is 440 g/mol. The molecule has 6 heteroatoms. The summed E-state index contributed by atoms with van der Waals surface area (Å²) in [4.78, 5) is 28.2. The Hall–Kier alpha value is -3.90. The van der Waals surface area contributed by atoms with Crippen LogP contribution >= 0.6 is 0 Å². The van der Waals surface area contributed by atoms with Gasteiger partial charge in [0, 0.05) is 24.6 Å². The minimum absolute atomic E-state index is 0.135. The van der Waals surface area contributed by atoms with Crippen LogP contribution in [0.4, 0.5) is 0 Å². The minimum Gasteiger partial charge on any atom is -0.438 e. The molecule has 1 aromatic heterocycles.